The average molecular weight is 277 g/mol. The van der Waals surface area contributed by atoms with Crippen molar-refractivity contribution in [3.05, 3.63) is 17.0 Å². The first-order chi connectivity index (χ1) is 9.76. The van der Waals surface area contributed by atoms with Crippen LogP contribution in [-0.2, 0) is 24.2 Å². The van der Waals surface area contributed by atoms with E-state index in [4.69, 9.17) is 4.52 Å². The number of hydrogen-bond donors (Lipinski definition) is 1. The molecule has 0 aromatic carbocycles. The van der Waals surface area contributed by atoms with E-state index in [-0.39, 0.29) is 11.9 Å². The van der Waals surface area contributed by atoms with Gasteiger partial charge in [0.05, 0.1) is 0 Å². The van der Waals surface area contributed by atoms with Crippen LogP contribution in [0.1, 0.15) is 49.6 Å². The van der Waals surface area contributed by atoms with Crippen molar-refractivity contribution in [2.24, 2.45) is 0 Å². The molecule has 1 aromatic rings. The van der Waals surface area contributed by atoms with Gasteiger partial charge in [-0.3, -0.25) is 9.69 Å². The van der Waals surface area contributed by atoms with Crippen LogP contribution < -0.4 is 5.32 Å². The van der Waals surface area contributed by atoms with E-state index in [1.54, 1.807) is 0 Å². The summed E-state index contributed by atoms with van der Waals surface area (Å²) in [5.41, 5.74) is 2.32. The van der Waals surface area contributed by atoms with Crippen molar-refractivity contribution in [2.45, 2.75) is 58.0 Å². The van der Waals surface area contributed by atoms with E-state index in [9.17, 15) is 4.79 Å². The van der Waals surface area contributed by atoms with Crippen LogP contribution in [-0.4, -0.2) is 35.1 Å². The van der Waals surface area contributed by atoms with Crippen LogP contribution in [0.3, 0.4) is 0 Å². The molecule has 110 valence electrons. The summed E-state index contributed by atoms with van der Waals surface area (Å²) in [4.78, 5) is 14.0. The highest BCUT2D eigenvalue weighted by Gasteiger charge is 2.27. The van der Waals surface area contributed by atoms with Gasteiger partial charge < -0.3 is 9.84 Å². The monoisotopic (exact) mass is 277 g/mol. The second kappa shape index (κ2) is 5.95. The minimum atomic E-state index is 0.135. The number of fused-ring (bicyclic) bond motifs is 1. The van der Waals surface area contributed by atoms with Gasteiger partial charge in [-0.05, 0) is 38.8 Å². The third-order valence-corrected chi connectivity index (χ3v) is 4.38. The zero-order valence-corrected chi connectivity index (χ0v) is 12.2. The third-order valence-electron chi connectivity index (χ3n) is 4.38. The molecule has 1 N–H and O–H groups in total. The fourth-order valence-electron chi connectivity index (χ4n) is 3.19. The van der Waals surface area contributed by atoms with Crippen molar-refractivity contribution >= 4 is 5.91 Å². The molecule has 3 rings (SSSR count). The Bertz CT molecular complexity index is 477. The number of aryl methyl sites for hydroxylation is 1. The van der Waals surface area contributed by atoms with Crippen LogP contribution >= 0.6 is 0 Å². The van der Waals surface area contributed by atoms with E-state index >= 15 is 0 Å². The number of hydrogen-bond acceptors (Lipinski definition) is 4. The lowest BCUT2D eigenvalue weighted by Crippen LogP contribution is -2.38. The van der Waals surface area contributed by atoms with Gasteiger partial charge in [0.1, 0.15) is 11.5 Å². The zero-order chi connectivity index (χ0) is 13.9. The second-order valence-corrected chi connectivity index (χ2v) is 5.88. The Morgan fingerprint density at radius 2 is 2.25 bits per heavy atom. The first-order valence-corrected chi connectivity index (χ1v) is 7.74. The average Bonchev–Trinajstić information content (AvgIpc) is 3.10. The van der Waals surface area contributed by atoms with Crippen molar-refractivity contribution in [1.29, 1.82) is 0 Å². The van der Waals surface area contributed by atoms with Crippen molar-refractivity contribution in [1.82, 2.24) is 15.4 Å². The molecule has 1 aliphatic heterocycles. The highest BCUT2D eigenvalue weighted by molar-refractivity contribution is 5.75. The predicted molar refractivity (Wildman–Crippen MR) is 75.3 cm³/mol. The summed E-state index contributed by atoms with van der Waals surface area (Å²) in [6, 6.07) is 0.242. The van der Waals surface area contributed by atoms with Gasteiger partial charge in [0.2, 0.25) is 5.91 Å². The minimum Gasteiger partial charge on any atom is -0.361 e. The van der Waals surface area contributed by atoms with E-state index < -0.39 is 0 Å². The zero-order valence-electron chi connectivity index (χ0n) is 12.2. The van der Waals surface area contributed by atoms with Crippen LogP contribution in [0.25, 0.3) is 0 Å². The molecule has 5 heteroatoms. The van der Waals surface area contributed by atoms with Crippen LogP contribution in [0.15, 0.2) is 4.52 Å². The maximum atomic E-state index is 11.5. The molecular formula is C15H23N3O2. The predicted octanol–water partition coefficient (Wildman–Crippen LogP) is 1.65. The molecule has 2 heterocycles. The first kappa shape index (κ1) is 13.6. The summed E-state index contributed by atoms with van der Waals surface area (Å²) in [5.74, 6) is 1.16. The Labute approximate surface area is 119 Å². The highest BCUT2D eigenvalue weighted by atomic mass is 16.5. The van der Waals surface area contributed by atoms with Gasteiger partial charge in [0.15, 0.2) is 0 Å². The smallest absolute Gasteiger partial charge is 0.219 e. The Morgan fingerprint density at radius 1 is 1.45 bits per heavy atom. The maximum absolute atomic E-state index is 11.5. The number of likely N-dealkylation sites (tertiary alicyclic amines) is 1. The molecule has 1 fully saturated rings. The summed E-state index contributed by atoms with van der Waals surface area (Å²) in [7, 11) is 0. The van der Waals surface area contributed by atoms with Crippen LogP contribution in [0.2, 0.25) is 0 Å². The van der Waals surface area contributed by atoms with Gasteiger partial charge in [-0.15, -0.1) is 0 Å². The van der Waals surface area contributed by atoms with E-state index in [2.05, 4.69) is 15.4 Å². The number of carbonyl (C=O) groups is 1. The summed E-state index contributed by atoms with van der Waals surface area (Å²) in [5, 5.41) is 7.36. The molecule has 0 saturated carbocycles. The number of nitrogens with zero attached hydrogens (tertiary/aromatic N) is 2. The fourth-order valence-corrected chi connectivity index (χ4v) is 3.19. The summed E-state index contributed by atoms with van der Waals surface area (Å²) in [6.45, 7) is 5.12. The van der Waals surface area contributed by atoms with Crippen molar-refractivity contribution in [3.63, 3.8) is 0 Å². The molecule has 1 unspecified atom stereocenters. The van der Waals surface area contributed by atoms with Gasteiger partial charge in [0.25, 0.3) is 0 Å². The lowest BCUT2D eigenvalue weighted by molar-refractivity contribution is -0.121. The van der Waals surface area contributed by atoms with Crippen LogP contribution in [0.5, 0.6) is 0 Å². The molecule has 1 amide bonds. The molecule has 5 nitrogen and oxygen atoms in total. The van der Waals surface area contributed by atoms with Gasteiger partial charge in [0, 0.05) is 31.0 Å². The van der Waals surface area contributed by atoms with Crippen molar-refractivity contribution in [2.75, 3.05) is 13.1 Å². The normalized spacial score (nSPS) is 22.8. The molecule has 1 aliphatic carbocycles. The number of rotatable bonds is 4. The first-order valence-electron chi connectivity index (χ1n) is 7.74. The molecule has 0 spiro atoms. The van der Waals surface area contributed by atoms with Gasteiger partial charge >= 0.3 is 0 Å². The highest BCUT2D eigenvalue weighted by Crippen LogP contribution is 2.26. The number of nitrogens with one attached hydrogen (secondary N) is 1. The lowest BCUT2D eigenvalue weighted by atomic mass is 9.92. The molecule has 2 aliphatic rings. The second-order valence-electron chi connectivity index (χ2n) is 5.88. The third kappa shape index (κ3) is 2.87. The fraction of sp³-hybridized carbons (Fsp3) is 0.733. The summed E-state index contributed by atoms with van der Waals surface area (Å²) in [6.07, 6.45) is 5.83. The molecule has 1 aromatic heterocycles. The molecule has 0 bridgehead atoms. The maximum Gasteiger partial charge on any atom is 0.219 e. The Morgan fingerprint density at radius 3 is 3.00 bits per heavy atom. The molecule has 0 radical (unpaired) electrons. The van der Waals surface area contributed by atoms with E-state index in [0.29, 0.717) is 6.42 Å². The molecular weight excluding hydrogens is 254 g/mol. The van der Waals surface area contributed by atoms with Crippen LogP contribution in [0.4, 0.5) is 0 Å². The van der Waals surface area contributed by atoms with E-state index in [1.807, 2.05) is 6.92 Å². The quantitative estimate of drug-likeness (QED) is 0.909. The topological polar surface area (TPSA) is 58.4 Å². The Balaban J connectivity index is 1.67. The van der Waals surface area contributed by atoms with Gasteiger partial charge in [-0.25, -0.2) is 0 Å². The largest absolute Gasteiger partial charge is 0.361 e. The summed E-state index contributed by atoms with van der Waals surface area (Å²) < 4.78 is 5.49. The van der Waals surface area contributed by atoms with Crippen molar-refractivity contribution in [3.8, 4) is 0 Å². The van der Waals surface area contributed by atoms with Gasteiger partial charge in [-0.2, -0.15) is 0 Å². The number of amides is 1. The van der Waals surface area contributed by atoms with Crippen LogP contribution in [0, 0.1) is 0 Å². The Kier molecular flexibility index (Phi) is 4.05. The molecule has 1 saturated heterocycles. The van der Waals surface area contributed by atoms with Gasteiger partial charge in [-0.1, -0.05) is 12.1 Å². The van der Waals surface area contributed by atoms with E-state index in [0.717, 1.165) is 50.4 Å². The Hall–Kier alpha value is -1.36. The number of aromatic nitrogens is 1. The summed E-state index contributed by atoms with van der Waals surface area (Å²) >= 11 is 0. The SMILES string of the molecule is CCC(=O)NC1CCc2onc(CN3CCCC3)c2C1. The lowest BCUT2D eigenvalue weighted by Gasteiger charge is -2.23. The number of carbonyl (C=O) groups excluding carboxylic acids is 1. The minimum absolute atomic E-state index is 0.135. The molecule has 20 heavy (non-hydrogen) atoms. The molecule has 1 atom stereocenters. The van der Waals surface area contributed by atoms with Crippen molar-refractivity contribution < 1.29 is 9.32 Å². The van der Waals surface area contributed by atoms with E-state index in [1.165, 1.54) is 18.4 Å². The standard InChI is InChI=1S/C15H23N3O2/c1-2-15(19)16-11-5-6-14-12(9-11)13(17-20-14)10-18-7-3-4-8-18/h11H,2-10H2,1H3,(H,16,19).